The van der Waals surface area contributed by atoms with Gasteiger partial charge in [-0.25, -0.2) is 4.39 Å². The predicted octanol–water partition coefficient (Wildman–Crippen LogP) is 2.32. The Kier molecular flexibility index (Phi) is 5.40. The number of hydrogen-bond acceptors (Lipinski definition) is 5. The Labute approximate surface area is 137 Å². The number of halogens is 1. The highest BCUT2D eigenvalue weighted by atomic mass is 32.2. The lowest BCUT2D eigenvalue weighted by Gasteiger charge is -2.30. The zero-order valence-electron chi connectivity index (χ0n) is 12.6. The van der Waals surface area contributed by atoms with E-state index in [-0.39, 0.29) is 17.7 Å². The first-order valence-electron chi connectivity index (χ1n) is 6.95. The first kappa shape index (κ1) is 17.0. The Balaban J connectivity index is 2.64. The monoisotopic (exact) mass is 334 g/mol. The van der Waals surface area contributed by atoms with Crippen LogP contribution in [-0.4, -0.2) is 24.7 Å². The molecule has 1 aromatic rings. The van der Waals surface area contributed by atoms with E-state index in [0.717, 1.165) is 11.8 Å². The molecule has 1 aliphatic rings. The summed E-state index contributed by atoms with van der Waals surface area (Å²) < 4.78 is 19.2. The molecule has 0 saturated heterocycles. The highest BCUT2D eigenvalue weighted by Crippen LogP contribution is 2.40. The molecule has 0 bridgehead atoms. The minimum atomic E-state index is -1.29. The topological polar surface area (TPSA) is 79.2 Å². The van der Waals surface area contributed by atoms with Gasteiger partial charge in [0.25, 0.3) is 0 Å². The van der Waals surface area contributed by atoms with Gasteiger partial charge in [0.2, 0.25) is 5.91 Å². The van der Waals surface area contributed by atoms with Crippen molar-refractivity contribution < 1.29 is 18.7 Å². The molecule has 0 saturated carbocycles. The second-order valence-electron chi connectivity index (χ2n) is 4.78. The number of benzene rings is 1. The number of carbonyl (C=O) groups is 2. The molecule has 0 radical (unpaired) electrons. The Morgan fingerprint density at radius 2 is 2.17 bits per heavy atom. The first-order valence-corrected chi connectivity index (χ1v) is 8.17. The minimum absolute atomic E-state index is 0.0909. The van der Waals surface area contributed by atoms with Crippen LogP contribution < -0.4 is 5.32 Å². The summed E-state index contributed by atoms with van der Waals surface area (Å²) in [4.78, 5) is 24.6. The number of rotatable bonds is 4. The molecular formula is C16H15FN2O3S. The summed E-state index contributed by atoms with van der Waals surface area (Å²) in [5.74, 6) is -4.24. The number of esters is 1. The molecule has 0 aliphatic carbocycles. The third-order valence-electron chi connectivity index (χ3n) is 3.51. The third-order valence-corrected chi connectivity index (χ3v) is 4.24. The number of nitriles is 1. The van der Waals surface area contributed by atoms with Gasteiger partial charge in [0.15, 0.2) is 0 Å². The SMILES string of the molecule is CCOC(=O)[C@@H]1C(=O)NC(SC)=C(C#N)[C@H]1c1ccccc1F. The second-order valence-corrected chi connectivity index (χ2v) is 5.59. The molecule has 2 atom stereocenters. The Morgan fingerprint density at radius 3 is 2.74 bits per heavy atom. The molecule has 1 aromatic carbocycles. The summed E-state index contributed by atoms with van der Waals surface area (Å²) in [5, 5.41) is 12.3. The van der Waals surface area contributed by atoms with Crippen LogP contribution in [0.4, 0.5) is 4.39 Å². The fraction of sp³-hybridized carbons (Fsp3) is 0.312. The van der Waals surface area contributed by atoms with E-state index in [1.807, 2.05) is 6.07 Å². The standard InChI is InChI=1S/C16H15FN2O3S/c1-3-22-16(21)13-12(9-6-4-5-7-11(9)17)10(8-18)15(23-2)19-14(13)20/h4-7,12-13H,3H2,1-2H3,(H,19,20)/t12-,13+/m1/s1. The van der Waals surface area contributed by atoms with Crippen LogP contribution in [0.2, 0.25) is 0 Å². The molecule has 5 nitrogen and oxygen atoms in total. The van der Waals surface area contributed by atoms with Crippen molar-refractivity contribution in [2.75, 3.05) is 12.9 Å². The van der Waals surface area contributed by atoms with E-state index in [4.69, 9.17) is 4.74 Å². The van der Waals surface area contributed by atoms with E-state index in [1.165, 1.54) is 18.2 Å². The third kappa shape index (κ3) is 3.22. The molecule has 2 rings (SSSR count). The molecule has 0 unspecified atom stereocenters. The number of nitrogens with one attached hydrogen (secondary N) is 1. The van der Waals surface area contributed by atoms with Gasteiger partial charge in [0.05, 0.1) is 23.3 Å². The predicted molar refractivity (Wildman–Crippen MR) is 83.6 cm³/mol. The molecular weight excluding hydrogens is 319 g/mol. The summed E-state index contributed by atoms with van der Waals surface area (Å²) in [6, 6.07) is 7.81. The van der Waals surface area contributed by atoms with Gasteiger partial charge in [-0.2, -0.15) is 5.26 Å². The number of allylic oxidation sites excluding steroid dienone is 1. The van der Waals surface area contributed by atoms with E-state index in [0.29, 0.717) is 5.03 Å². The van der Waals surface area contributed by atoms with Crippen molar-refractivity contribution in [1.82, 2.24) is 5.32 Å². The van der Waals surface area contributed by atoms with Gasteiger partial charge in [-0.3, -0.25) is 9.59 Å². The van der Waals surface area contributed by atoms with E-state index in [9.17, 15) is 19.2 Å². The largest absolute Gasteiger partial charge is 0.465 e. The lowest BCUT2D eigenvalue weighted by Crippen LogP contribution is -2.44. The normalized spacial score (nSPS) is 20.7. The number of ether oxygens (including phenoxy) is 1. The van der Waals surface area contributed by atoms with Gasteiger partial charge >= 0.3 is 5.97 Å². The minimum Gasteiger partial charge on any atom is -0.465 e. The zero-order chi connectivity index (χ0) is 17.0. The maximum atomic E-state index is 14.2. The van der Waals surface area contributed by atoms with Crippen LogP contribution in [0.3, 0.4) is 0 Å². The molecule has 0 aromatic heterocycles. The smallest absolute Gasteiger partial charge is 0.319 e. The summed E-state index contributed by atoms with van der Waals surface area (Å²) in [5.41, 5.74) is 0.281. The number of hydrogen-bond donors (Lipinski definition) is 1. The lowest BCUT2D eigenvalue weighted by atomic mass is 9.78. The average molecular weight is 334 g/mol. The van der Waals surface area contributed by atoms with Crippen molar-refractivity contribution in [3.63, 3.8) is 0 Å². The first-order chi connectivity index (χ1) is 11.0. The number of nitrogens with zero attached hydrogens (tertiary/aromatic N) is 1. The van der Waals surface area contributed by atoms with E-state index >= 15 is 0 Å². The second kappa shape index (κ2) is 7.29. The molecule has 1 amide bonds. The fourth-order valence-electron chi connectivity index (χ4n) is 2.54. The van der Waals surface area contributed by atoms with Crippen molar-refractivity contribution in [3.05, 3.63) is 46.2 Å². The van der Waals surface area contributed by atoms with Crippen LogP contribution in [0, 0.1) is 23.1 Å². The van der Waals surface area contributed by atoms with Crippen LogP contribution >= 0.6 is 11.8 Å². The van der Waals surface area contributed by atoms with Crippen LogP contribution in [-0.2, 0) is 14.3 Å². The zero-order valence-corrected chi connectivity index (χ0v) is 13.4. The van der Waals surface area contributed by atoms with E-state index in [2.05, 4.69) is 5.32 Å². The van der Waals surface area contributed by atoms with Crippen molar-refractivity contribution in [2.24, 2.45) is 5.92 Å². The average Bonchev–Trinajstić information content (AvgIpc) is 2.54. The fourth-order valence-corrected chi connectivity index (χ4v) is 3.13. The van der Waals surface area contributed by atoms with Gasteiger partial charge in [-0.05, 0) is 24.8 Å². The van der Waals surface area contributed by atoms with Crippen LogP contribution in [0.1, 0.15) is 18.4 Å². The molecule has 1 heterocycles. The van der Waals surface area contributed by atoms with Gasteiger partial charge < -0.3 is 10.1 Å². The summed E-state index contributed by atoms with van der Waals surface area (Å²) in [6.07, 6.45) is 1.69. The Morgan fingerprint density at radius 1 is 1.48 bits per heavy atom. The van der Waals surface area contributed by atoms with Crippen molar-refractivity contribution >= 4 is 23.6 Å². The van der Waals surface area contributed by atoms with Gasteiger partial charge in [-0.15, -0.1) is 11.8 Å². The van der Waals surface area contributed by atoms with E-state index < -0.39 is 29.5 Å². The Bertz CT molecular complexity index is 712. The maximum absolute atomic E-state index is 14.2. The molecule has 23 heavy (non-hydrogen) atoms. The summed E-state index contributed by atoms with van der Waals surface area (Å²) >= 11 is 1.16. The molecule has 1 aliphatic heterocycles. The highest BCUT2D eigenvalue weighted by Gasteiger charge is 2.45. The number of amides is 1. The maximum Gasteiger partial charge on any atom is 0.319 e. The molecule has 120 valence electrons. The summed E-state index contributed by atoms with van der Waals surface area (Å²) in [6.45, 7) is 1.71. The Hall–Kier alpha value is -2.33. The quantitative estimate of drug-likeness (QED) is 0.675. The van der Waals surface area contributed by atoms with E-state index in [1.54, 1.807) is 19.2 Å². The van der Waals surface area contributed by atoms with Gasteiger partial charge in [-0.1, -0.05) is 18.2 Å². The van der Waals surface area contributed by atoms with Crippen molar-refractivity contribution in [1.29, 1.82) is 5.26 Å². The van der Waals surface area contributed by atoms with Gasteiger partial charge in [0.1, 0.15) is 11.7 Å². The number of thioether (sulfide) groups is 1. The van der Waals surface area contributed by atoms with Crippen molar-refractivity contribution in [3.8, 4) is 6.07 Å². The van der Waals surface area contributed by atoms with Gasteiger partial charge in [0, 0.05) is 5.92 Å². The molecule has 0 spiro atoms. The summed E-state index contributed by atoms with van der Waals surface area (Å²) in [7, 11) is 0. The lowest BCUT2D eigenvalue weighted by molar-refractivity contribution is -0.152. The molecule has 0 fully saturated rings. The highest BCUT2D eigenvalue weighted by molar-refractivity contribution is 8.02. The molecule has 7 heteroatoms. The van der Waals surface area contributed by atoms with Crippen LogP contribution in [0.25, 0.3) is 0 Å². The van der Waals surface area contributed by atoms with Crippen LogP contribution in [0.5, 0.6) is 0 Å². The van der Waals surface area contributed by atoms with Crippen LogP contribution in [0.15, 0.2) is 34.9 Å². The van der Waals surface area contributed by atoms with Crippen molar-refractivity contribution in [2.45, 2.75) is 12.8 Å². The number of carbonyl (C=O) groups excluding carboxylic acids is 2. The molecule has 1 N–H and O–H groups in total.